The number of hydrogen-bond donors (Lipinski definition) is 3. The molecule has 1 unspecified atom stereocenters. The van der Waals surface area contributed by atoms with Crippen LogP contribution >= 0.6 is 0 Å². The van der Waals surface area contributed by atoms with Crippen LogP contribution in [-0.4, -0.2) is 34.1 Å². The number of aliphatic carboxylic acids is 1. The average Bonchev–Trinajstić information content (AvgIpc) is 2.64. The predicted molar refractivity (Wildman–Crippen MR) is 92.3 cm³/mol. The van der Waals surface area contributed by atoms with Crippen LogP contribution in [0.1, 0.15) is 22.3 Å². The van der Waals surface area contributed by atoms with Gasteiger partial charge in [0, 0.05) is 18.6 Å². The number of carboxylic acids is 2. The van der Waals surface area contributed by atoms with Crippen LogP contribution in [-0.2, 0) is 16.1 Å². The zero-order chi connectivity index (χ0) is 19.8. The lowest BCUT2D eigenvalue weighted by Gasteiger charge is -2.11. The number of rotatable bonds is 8. The van der Waals surface area contributed by atoms with Crippen LogP contribution in [0.25, 0.3) is 6.08 Å². The van der Waals surface area contributed by atoms with Crippen molar-refractivity contribution < 1.29 is 34.3 Å². The first kappa shape index (κ1) is 19.6. The molecule has 1 aromatic carbocycles. The number of carboxylic acid groups (broad SMARTS) is 2. The van der Waals surface area contributed by atoms with Crippen LogP contribution in [0.5, 0.6) is 5.75 Å². The van der Waals surface area contributed by atoms with E-state index in [-0.39, 0.29) is 24.3 Å². The van der Waals surface area contributed by atoms with E-state index in [2.05, 4.69) is 5.32 Å². The summed E-state index contributed by atoms with van der Waals surface area (Å²) in [6.45, 7) is 0.194. The number of hydrogen-bond acceptors (Lipinski definition) is 5. The zero-order valence-electron chi connectivity index (χ0n) is 14.2. The molecule has 1 atom stereocenters. The minimum absolute atomic E-state index is 0.0229. The monoisotopic (exact) mass is 370 g/mol. The fourth-order valence-corrected chi connectivity index (χ4v) is 2.29. The van der Waals surface area contributed by atoms with Gasteiger partial charge in [-0.3, -0.25) is 4.79 Å². The predicted octanol–water partition coefficient (Wildman–Crippen LogP) is -0.284. The third-order valence-electron chi connectivity index (χ3n) is 3.70. The molecule has 0 saturated carbocycles. The number of benzene rings is 1. The Kier molecular flexibility index (Phi) is 6.65. The van der Waals surface area contributed by atoms with E-state index in [9.17, 15) is 29.7 Å². The lowest BCUT2D eigenvalue weighted by molar-refractivity contribution is -0.697. The van der Waals surface area contributed by atoms with Crippen LogP contribution in [0.4, 0.5) is 0 Å². The summed E-state index contributed by atoms with van der Waals surface area (Å²) in [7, 11) is 0. The summed E-state index contributed by atoms with van der Waals surface area (Å²) < 4.78 is 1.51. The van der Waals surface area contributed by atoms with Gasteiger partial charge in [-0.05, 0) is 29.8 Å². The molecule has 0 aliphatic rings. The molecular weight excluding hydrogens is 352 g/mol. The van der Waals surface area contributed by atoms with Gasteiger partial charge in [0.15, 0.2) is 18.9 Å². The molecule has 0 bridgehead atoms. The Morgan fingerprint density at radius 3 is 2.52 bits per heavy atom. The molecule has 2 rings (SSSR count). The van der Waals surface area contributed by atoms with E-state index >= 15 is 0 Å². The Morgan fingerprint density at radius 2 is 1.89 bits per heavy atom. The molecule has 0 aliphatic carbocycles. The molecule has 2 aromatic rings. The SMILES string of the molecule is O=C(C=Cc1ccc(O)cc1)NC(CC[n+]1cccc(C(=O)[O-])c1)C(=O)O. The summed E-state index contributed by atoms with van der Waals surface area (Å²) in [6.07, 6.45) is 5.69. The van der Waals surface area contributed by atoms with Gasteiger partial charge in [0.05, 0.1) is 11.5 Å². The first-order valence-electron chi connectivity index (χ1n) is 8.06. The maximum Gasteiger partial charge on any atom is 0.326 e. The smallest absolute Gasteiger partial charge is 0.326 e. The lowest BCUT2D eigenvalue weighted by Crippen LogP contribution is -2.44. The Bertz CT molecular complexity index is 861. The number of phenols is 1. The van der Waals surface area contributed by atoms with Crippen molar-refractivity contribution in [2.45, 2.75) is 19.0 Å². The van der Waals surface area contributed by atoms with Gasteiger partial charge in [-0.1, -0.05) is 12.1 Å². The Labute approximate surface area is 155 Å². The number of carbonyl (C=O) groups excluding carboxylic acids is 2. The van der Waals surface area contributed by atoms with Gasteiger partial charge in [0.1, 0.15) is 11.8 Å². The lowest BCUT2D eigenvalue weighted by atomic mass is 10.2. The fourth-order valence-electron chi connectivity index (χ4n) is 2.29. The highest BCUT2D eigenvalue weighted by molar-refractivity contribution is 5.94. The molecule has 1 amide bonds. The quantitative estimate of drug-likeness (QED) is 0.433. The van der Waals surface area contributed by atoms with E-state index < -0.39 is 23.9 Å². The number of nitrogens with one attached hydrogen (secondary N) is 1. The number of phenolic OH excluding ortho intramolecular Hbond substituents is 1. The summed E-state index contributed by atoms with van der Waals surface area (Å²) in [5.41, 5.74) is 0.648. The van der Waals surface area contributed by atoms with Crippen LogP contribution < -0.4 is 15.0 Å². The van der Waals surface area contributed by atoms with Gasteiger partial charge >= 0.3 is 5.97 Å². The highest BCUT2D eigenvalue weighted by Crippen LogP contribution is 2.10. The fraction of sp³-hybridized carbons (Fsp3) is 0.158. The van der Waals surface area contributed by atoms with E-state index in [4.69, 9.17) is 0 Å². The maximum absolute atomic E-state index is 11.9. The summed E-state index contributed by atoms with van der Waals surface area (Å²) in [5.74, 6) is -3.00. The van der Waals surface area contributed by atoms with E-state index in [1.807, 2.05) is 0 Å². The van der Waals surface area contributed by atoms with Gasteiger partial charge < -0.3 is 25.4 Å². The number of aromatic nitrogens is 1. The van der Waals surface area contributed by atoms with Crippen LogP contribution in [0.15, 0.2) is 54.9 Å². The molecule has 8 nitrogen and oxygen atoms in total. The molecule has 0 spiro atoms. The minimum atomic E-state index is -1.33. The third-order valence-corrected chi connectivity index (χ3v) is 3.70. The van der Waals surface area contributed by atoms with E-state index in [1.165, 1.54) is 47.2 Å². The van der Waals surface area contributed by atoms with Crippen LogP contribution in [0.3, 0.4) is 0 Å². The highest BCUT2D eigenvalue weighted by atomic mass is 16.4. The number of pyridine rings is 1. The molecule has 8 heteroatoms. The Hall–Kier alpha value is -3.68. The Balaban J connectivity index is 1.95. The number of aromatic hydroxyl groups is 1. The van der Waals surface area contributed by atoms with Crippen molar-refractivity contribution in [3.8, 4) is 5.75 Å². The summed E-state index contributed by atoms with van der Waals surface area (Å²) in [6, 6.07) is 7.89. The van der Waals surface area contributed by atoms with Gasteiger partial charge in [-0.25, -0.2) is 9.36 Å². The first-order chi connectivity index (χ1) is 12.8. The van der Waals surface area contributed by atoms with Gasteiger partial charge in [-0.2, -0.15) is 0 Å². The molecule has 27 heavy (non-hydrogen) atoms. The van der Waals surface area contributed by atoms with Gasteiger partial charge in [0.25, 0.3) is 0 Å². The second-order valence-electron chi connectivity index (χ2n) is 5.73. The van der Waals surface area contributed by atoms with Gasteiger partial charge in [0.2, 0.25) is 5.91 Å². The molecule has 0 fully saturated rings. The molecule has 140 valence electrons. The number of carbonyl (C=O) groups is 3. The molecular formula is C19H18N2O6. The van der Waals surface area contributed by atoms with Crippen LogP contribution in [0.2, 0.25) is 0 Å². The first-order valence-corrected chi connectivity index (χ1v) is 8.06. The van der Waals surface area contributed by atoms with E-state index in [0.29, 0.717) is 5.56 Å². The van der Waals surface area contributed by atoms with Crippen molar-refractivity contribution in [1.82, 2.24) is 5.32 Å². The third kappa shape index (κ3) is 6.28. The number of aromatic carboxylic acids is 1. The Morgan fingerprint density at radius 1 is 1.19 bits per heavy atom. The van der Waals surface area contributed by atoms with Crippen molar-refractivity contribution in [2.75, 3.05) is 0 Å². The minimum Gasteiger partial charge on any atom is -0.545 e. The molecule has 0 radical (unpaired) electrons. The number of amides is 1. The van der Waals surface area contributed by atoms with Crippen molar-refractivity contribution >= 4 is 23.9 Å². The van der Waals surface area contributed by atoms with Crippen molar-refractivity contribution in [3.63, 3.8) is 0 Å². The topological polar surface area (TPSA) is 131 Å². The van der Waals surface area contributed by atoms with Crippen molar-refractivity contribution in [3.05, 3.63) is 66.0 Å². The molecule has 1 aromatic heterocycles. The molecule has 1 heterocycles. The number of nitrogens with zero attached hydrogens (tertiary/aromatic N) is 1. The molecule has 0 saturated heterocycles. The largest absolute Gasteiger partial charge is 0.545 e. The summed E-state index contributed by atoms with van der Waals surface area (Å²) >= 11 is 0. The summed E-state index contributed by atoms with van der Waals surface area (Å²) in [4.78, 5) is 34.2. The number of aryl methyl sites for hydroxylation is 1. The highest BCUT2D eigenvalue weighted by Gasteiger charge is 2.20. The second-order valence-corrected chi connectivity index (χ2v) is 5.73. The molecule has 0 aliphatic heterocycles. The zero-order valence-corrected chi connectivity index (χ0v) is 14.2. The average molecular weight is 370 g/mol. The standard InChI is InChI=1S/C19H18N2O6/c22-15-6-3-13(4-7-15)5-8-17(23)20-16(19(26)27)9-11-21-10-1-2-14(12-21)18(24)25/h1-8,10,12,16H,9,11H2,(H3-,20,22,23,24,25,26,27). The summed E-state index contributed by atoms with van der Waals surface area (Å²) in [5, 5.41) is 31.7. The van der Waals surface area contributed by atoms with Crippen molar-refractivity contribution in [2.24, 2.45) is 0 Å². The molecule has 3 N–H and O–H groups in total. The van der Waals surface area contributed by atoms with Crippen LogP contribution in [0, 0.1) is 0 Å². The van der Waals surface area contributed by atoms with E-state index in [0.717, 1.165) is 0 Å². The van der Waals surface area contributed by atoms with Crippen molar-refractivity contribution in [1.29, 1.82) is 0 Å². The second kappa shape index (κ2) is 9.14. The maximum atomic E-state index is 11.9. The van der Waals surface area contributed by atoms with Gasteiger partial charge in [-0.15, -0.1) is 0 Å². The normalized spacial score (nSPS) is 11.9. The van der Waals surface area contributed by atoms with E-state index in [1.54, 1.807) is 18.3 Å².